The summed E-state index contributed by atoms with van der Waals surface area (Å²) in [6.45, 7) is 0. The summed E-state index contributed by atoms with van der Waals surface area (Å²) in [6.07, 6.45) is 10.5. The van der Waals surface area contributed by atoms with Crippen LogP contribution in [-0.2, 0) is 0 Å². The van der Waals surface area contributed by atoms with Gasteiger partial charge in [0.1, 0.15) is 11.6 Å². The lowest BCUT2D eigenvalue weighted by Gasteiger charge is -2.12. The van der Waals surface area contributed by atoms with E-state index in [1.165, 1.54) is 53.4 Å². The molecule has 8 nitrogen and oxygen atoms in total. The Labute approximate surface area is 360 Å². The number of hydrogen-bond acceptors (Lipinski definition) is 8. The van der Waals surface area contributed by atoms with Gasteiger partial charge < -0.3 is 10.0 Å². The molecule has 292 valence electrons. The zero-order valence-electron chi connectivity index (χ0n) is 31.1. The molecule has 0 aliphatic heterocycles. The molecule has 6 heterocycles. The fourth-order valence-electron chi connectivity index (χ4n) is 6.68. The van der Waals surface area contributed by atoms with Gasteiger partial charge in [-0.25, -0.2) is 28.7 Å². The summed E-state index contributed by atoms with van der Waals surface area (Å²) in [4.78, 5) is 25.6. The maximum Gasteiger partial charge on any atom is 0.489 e. The van der Waals surface area contributed by atoms with Crippen LogP contribution in [-0.4, -0.2) is 47.1 Å². The van der Waals surface area contributed by atoms with Crippen molar-refractivity contribution in [3.8, 4) is 33.6 Å². The fourth-order valence-corrected chi connectivity index (χ4v) is 7.54. The van der Waals surface area contributed by atoms with Gasteiger partial charge in [0.25, 0.3) is 0 Å². The van der Waals surface area contributed by atoms with Gasteiger partial charge in [0.05, 0.1) is 11.4 Å². The molecule has 0 aliphatic carbocycles. The molecule has 4 aromatic carbocycles. The molecule has 10 aromatic rings. The van der Waals surface area contributed by atoms with Crippen LogP contribution in [0, 0.1) is 11.6 Å². The number of benzene rings is 4. The lowest BCUT2D eigenvalue weighted by Crippen LogP contribution is -2.31. The van der Waals surface area contributed by atoms with E-state index < -0.39 is 12.9 Å². The molecule has 0 spiro atoms. The third-order valence-electron chi connectivity index (χ3n) is 9.49. The monoisotopic (exact) mass is 894 g/mol. The predicted molar refractivity (Wildman–Crippen MR) is 240 cm³/mol. The van der Waals surface area contributed by atoms with Crippen molar-refractivity contribution in [1.82, 2.24) is 29.9 Å². The highest BCUT2D eigenvalue weighted by atomic mass is 79.9. The number of hydrogen-bond donors (Lipinski definition) is 2. The zero-order chi connectivity index (χ0) is 41.8. The average molecular weight is 896 g/mol. The molecule has 10 rings (SSSR count). The average Bonchev–Trinajstić information content (AvgIpc) is 3.27. The lowest BCUT2D eigenvalue weighted by molar-refractivity contribution is 0.426. The van der Waals surface area contributed by atoms with E-state index in [9.17, 15) is 18.8 Å². The molecule has 0 unspecified atom stereocenters. The summed E-state index contributed by atoms with van der Waals surface area (Å²) in [5.41, 5.74) is 4.28. The molecule has 0 saturated heterocycles. The first kappa shape index (κ1) is 40.5. The van der Waals surface area contributed by atoms with Gasteiger partial charge in [0.15, 0.2) is 11.3 Å². The summed E-state index contributed by atoms with van der Waals surface area (Å²) < 4.78 is 29.6. The highest BCUT2D eigenvalue weighted by Gasteiger charge is 2.20. The Morgan fingerprint density at radius 2 is 1.05 bits per heavy atom. The summed E-state index contributed by atoms with van der Waals surface area (Å²) in [5.74, 6) is -0.874. The lowest BCUT2D eigenvalue weighted by atomic mass is 9.78. The van der Waals surface area contributed by atoms with Gasteiger partial charge in [-0.2, -0.15) is 0 Å². The molecule has 0 amide bonds. The third-order valence-corrected chi connectivity index (χ3v) is 10.6. The van der Waals surface area contributed by atoms with Crippen molar-refractivity contribution in [3.63, 3.8) is 0 Å². The third kappa shape index (κ3) is 8.69. The number of rotatable bonds is 4. The molecule has 60 heavy (non-hydrogen) atoms. The Hall–Kier alpha value is -6.28. The van der Waals surface area contributed by atoms with Crippen molar-refractivity contribution in [1.29, 1.82) is 0 Å². The molecule has 0 fully saturated rings. The van der Waals surface area contributed by atoms with Gasteiger partial charge in [0.2, 0.25) is 0 Å². The number of nitrogens with zero attached hydrogens (tertiary/aromatic N) is 6. The number of aromatic nitrogens is 6. The zero-order valence-corrected chi connectivity index (χ0v) is 34.2. The highest BCUT2D eigenvalue weighted by Crippen LogP contribution is 2.36. The van der Waals surface area contributed by atoms with Gasteiger partial charge >= 0.3 is 7.12 Å². The van der Waals surface area contributed by atoms with E-state index >= 15 is 0 Å². The van der Waals surface area contributed by atoms with Gasteiger partial charge in [-0.3, -0.25) is 9.97 Å². The smallest absolute Gasteiger partial charge is 0.423 e. The Kier molecular flexibility index (Phi) is 12.1. The van der Waals surface area contributed by atoms with Crippen LogP contribution < -0.4 is 5.46 Å². The van der Waals surface area contributed by atoms with Crippen molar-refractivity contribution in [3.05, 3.63) is 185 Å². The van der Waals surface area contributed by atoms with Gasteiger partial charge in [0, 0.05) is 84.4 Å². The Morgan fingerprint density at radius 3 is 1.67 bits per heavy atom. The largest absolute Gasteiger partial charge is 0.489 e. The van der Waals surface area contributed by atoms with Gasteiger partial charge in [-0.15, -0.1) is 0 Å². The Morgan fingerprint density at radius 1 is 0.500 bits per heavy atom. The molecular formula is C46H28BBrCl2F2N6O2. The van der Waals surface area contributed by atoms with E-state index in [2.05, 4.69) is 45.8 Å². The second-order valence-electron chi connectivity index (χ2n) is 13.3. The van der Waals surface area contributed by atoms with Crippen LogP contribution in [0.2, 0.25) is 10.0 Å². The second kappa shape index (κ2) is 17.9. The van der Waals surface area contributed by atoms with Crippen LogP contribution >= 0.6 is 39.1 Å². The molecule has 0 radical (unpaired) electrons. The summed E-state index contributed by atoms with van der Waals surface area (Å²) in [5, 5.41) is 25.7. The maximum atomic E-state index is 14.5. The Balaban J connectivity index is 0.000000137. The molecule has 0 atom stereocenters. The van der Waals surface area contributed by atoms with E-state index in [4.69, 9.17) is 23.2 Å². The highest BCUT2D eigenvalue weighted by molar-refractivity contribution is 9.10. The van der Waals surface area contributed by atoms with E-state index in [1.807, 2.05) is 79.1 Å². The Bertz CT molecular complexity index is 3190. The van der Waals surface area contributed by atoms with E-state index in [0.717, 1.165) is 31.8 Å². The van der Waals surface area contributed by atoms with Crippen molar-refractivity contribution >= 4 is 95.3 Å². The van der Waals surface area contributed by atoms with Gasteiger partial charge in [-0.1, -0.05) is 75.5 Å². The normalized spacial score (nSPS) is 10.9. The van der Waals surface area contributed by atoms with E-state index in [0.29, 0.717) is 38.0 Å². The maximum absolute atomic E-state index is 14.5. The van der Waals surface area contributed by atoms with Crippen LogP contribution in [0.3, 0.4) is 0 Å². The van der Waals surface area contributed by atoms with Crippen LogP contribution in [0.25, 0.3) is 77.3 Å². The summed E-state index contributed by atoms with van der Waals surface area (Å²) in [7, 11) is -1.71. The van der Waals surface area contributed by atoms with Crippen LogP contribution in [0.4, 0.5) is 8.78 Å². The van der Waals surface area contributed by atoms with E-state index in [-0.39, 0.29) is 22.5 Å². The van der Waals surface area contributed by atoms with Crippen molar-refractivity contribution < 1.29 is 18.8 Å². The molecule has 14 heteroatoms. The standard InChI is InChI=1S/C23H13ClFN3.C14H9BClFN2O2.C9H6BrN/c24-15-6-7-21(25)20(11-15)22-12-19(18-5-2-9-27-23(18)28-22)17-4-1-3-14-13-26-10-8-16(14)17;16-8-3-4-12(17)10(6-8)13-7-11(15(20)21)9-2-1-5-18-14(9)19-13;10-9-3-1-2-7-6-11-5-4-8(7)9/h1-13H;1-7,20-21H;1-6H. The number of halogens is 5. The van der Waals surface area contributed by atoms with Crippen LogP contribution in [0.15, 0.2) is 163 Å². The first-order chi connectivity index (χ1) is 29.1. The molecule has 2 N–H and O–H groups in total. The second-order valence-corrected chi connectivity index (χ2v) is 15.0. The quantitative estimate of drug-likeness (QED) is 0.168. The van der Waals surface area contributed by atoms with Crippen molar-refractivity contribution in [2.75, 3.05) is 0 Å². The van der Waals surface area contributed by atoms with Crippen LogP contribution in [0.1, 0.15) is 0 Å². The van der Waals surface area contributed by atoms with Crippen molar-refractivity contribution in [2.45, 2.75) is 0 Å². The number of fused-ring (bicyclic) bond motifs is 4. The first-order valence-corrected chi connectivity index (χ1v) is 19.8. The minimum Gasteiger partial charge on any atom is -0.423 e. The topological polar surface area (TPSA) is 118 Å². The molecule has 0 aliphatic rings. The number of pyridine rings is 6. The SMILES string of the molecule is Brc1cccc2cnccc12.Fc1ccc(Cl)cc1-c1cc(-c2cccc3cnccc23)c2cccnc2n1.OB(O)c1cc(-c2cc(Cl)ccc2F)nc2ncccc12. The van der Waals surface area contributed by atoms with Crippen molar-refractivity contribution in [2.24, 2.45) is 0 Å². The van der Waals surface area contributed by atoms with Crippen LogP contribution in [0.5, 0.6) is 0 Å². The molecule has 0 saturated carbocycles. The summed E-state index contributed by atoms with van der Waals surface area (Å²) >= 11 is 15.5. The van der Waals surface area contributed by atoms with Gasteiger partial charge in [-0.05, 0) is 112 Å². The summed E-state index contributed by atoms with van der Waals surface area (Å²) in [6, 6.07) is 35.2. The molecular weight excluding hydrogens is 868 g/mol. The van der Waals surface area contributed by atoms with E-state index in [1.54, 1.807) is 36.8 Å². The minimum absolute atomic E-state index is 0.178. The molecule has 6 aromatic heterocycles. The fraction of sp³-hybridized carbons (Fsp3) is 0. The predicted octanol–water partition coefficient (Wildman–Crippen LogP) is 11.1. The molecule has 0 bridgehead atoms. The first-order valence-electron chi connectivity index (χ1n) is 18.2. The minimum atomic E-state index is -1.71.